The Morgan fingerprint density at radius 3 is 2.19 bits per heavy atom. The van der Waals surface area contributed by atoms with Crippen LogP contribution in [0.15, 0.2) is 126 Å². The van der Waals surface area contributed by atoms with E-state index in [1.54, 1.807) is 6.07 Å². The Labute approximate surface area is 249 Å². The lowest BCUT2D eigenvalue weighted by Crippen LogP contribution is -2.19. The third kappa shape index (κ3) is 5.67. The molecule has 1 aromatic heterocycles. The Morgan fingerprint density at radius 1 is 0.714 bits per heavy atom. The van der Waals surface area contributed by atoms with Crippen molar-refractivity contribution in [3.63, 3.8) is 0 Å². The Bertz CT molecular complexity index is 1900. The fraction of sp³-hybridized carbons (Fsp3) is 0.111. The van der Waals surface area contributed by atoms with Gasteiger partial charge in [0.25, 0.3) is 5.91 Å². The third-order valence-electron chi connectivity index (χ3n) is 7.34. The molecule has 0 spiro atoms. The Kier molecular flexibility index (Phi) is 7.80. The van der Waals surface area contributed by atoms with Gasteiger partial charge >= 0.3 is 0 Å². The standard InChI is InChI=1S/C36H31N3O2S/c1-3-39-32-15-8-7-14-30(32)31-23-28(18-21-33(31)39)38-36(41)34(25-11-5-4-6-12-25)42-29-19-16-27(17-20-29)37-35(40)26-13-9-10-24(2)22-26/h4-23,34H,3H2,1-2H3,(H,37,40)(H,38,41). The third-order valence-corrected chi connectivity index (χ3v) is 8.61. The van der Waals surface area contributed by atoms with Gasteiger partial charge in [0, 0.05) is 50.2 Å². The zero-order valence-corrected chi connectivity index (χ0v) is 24.3. The van der Waals surface area contributed by atoms with E-state index in [0.717, 1.165) is 39.2 Å². The summed E-state index contributed by atoms with van der Waals surface area (Å²) in [6.07, 6.45) is 0. The number of nitrogens with one attached hydrogen (secondary N) is 2. The van der Waals surface area contributed by atoms with Gasteiger partial charge in [-0.3, -0.25) is 9.59 Å². The lowest BCUT2D eigenvalue weighted by Gasteiger charge is -2.18. The van der Waals surface area contributed by atoms with E-state index in [0.29, 0.717) is 11.3 Å². The van der Waals surface area contributed by atoms with Crippen LogP contribution in [0.1, 0.15) is 33.7 Å². The van der Waals surface area contributed by atoms with Crippen molar-refractivity contribution in [3.05, 3.63) is 138 Å². The predicted molar refractivity (Wildman–Crippen MR) is 174 cm³/mol. The van der Waals surface area contributed by atoms with Crippen molar-refractivity contribution in [3.8, 4) is 0 Å². The van der Waals surface area contributed by atoms with Crippen LogP contribution in [0.4, 0.5) is 11.4 Å². The first kappa shape index (κ1) is 27.4. The molecule has 0 bridgehead atoms. The number of benzene rings is 5. The molecule has 0 aliphatic rings. The summed E-state index contributed by atoms with van der Waals surface area (Å²) in [5, 5.41) is 7.97. The summed E-state index contributed by atoms with van der Waals surface area (Å²) in [5.74, 6) is -0.249. The molecule has 0 radical (unpaired) electrons. The normalized spacial score (nSPS) is 11.9. The highest BCUT2D eigenvalue weighted by atomic mass is 32.2. The summed E-state index contributed by atoms with van der Waals surface area (Å²) in [7, 11) is 0. The Hall–Kier alpha value is -4.81. The fourth-order valence-electron chi connectivity index (χ4n) is 5.32. The minimum Gasteiger partial charge on any atom is -0.341 e. The Morgan fingerprint density at radius 2 is 1.43 bits per heavy atom. The maximum atomic E-state index is 13.8. The van der Waals surface area contributed by atoms with Gasteiger partial charge in [-0.2, -0.15) is 0 Å². The molecule has 6 aromatic rings. The van der Waals surface area contributed by atoms with Crippen molar-refractivity contribution in [2.75, 3.05) is 10.6 Å². The number of nitrogens with zero attached hydrogens (tertiary/aromatic N) is 1. The van der Waals surface area contributed by atoms with Crippen LogP contribution in [0.5, 0.6) is 0 Å². The van der Waals surface area contributed by atoms with Crippen LogP contribution in [-0.2, 0) is 11.3 Å². The number of hydrogen-bond donors (Lipinski definition) is 2. The number of anilines is 2. The number of para-hydroxylation sites is 1. The van der Waals surface area contributed by atoms with Crippen LogP contribution in [-0.4, -0.2) is 16.4 Å². The van der Waals surface area contributed by atoms with E-state index in [1.165, 1.54) is 22.7 Å². The molecule has 1 unspecified atom stereocenters. The first-order valence-corrected chi connectivity index (χ1v) is 14.9. The number of thioether (sulfide) groups is 1. The van der Waals surface area contributed by atoms with Crippen molar-refractivity contribution < 1.29 is 9.59 Å². The summed E-state index contributed by atoms with van der Waals surface area (Å²) in [6, 6.07) is 39.4. The minimum absolute atomic E-state index is 0.0957. The highest BCUT2D eigenvalue weighted by Crippen LogP contribution is 2.37. The second-order valence-corrected chi connectivity index (χ2v) is 11.4. The van der Waals surface area contributed by atoms with E-state index in [-0.39, 0.29) is 11.8 Å². The average molecular weight is 570 g/mol. The monoisotopic (exact) mass is 569 g/mol. The van der Waals surface area contributed by atoms with Crippen molar-refractivity contribution in [1.82, 2.24) is 4.57 Å². The molecular weight excluding hydrogens is 538 g/mol. The summed E-state index contributed by atoms with van der Waals surface area (Å²) in [5.41, 5.74) is 6.38. The van der Waals surface area contributed by atoms with E-state index in [1.807, 2.05) is 85.8 Å². The molecule has 2 amide bonds. The van der Waals surface area contributed by atoms with Crippen molar-refractivity contribution in [2.45, 2.75) is 30.5 Å². The molecule has 0 saturated carbocycles. The lowest BCUT2D eigenvalue weighted by atomic mass is 10.1. The smallest absolute Gasteiger partial charge is 0.255 e. The molecule has 0 aliphatic heterocycles. The second kappa shape index (κ2) is 12.0. The van der Waals surface area contributed by atoms with Crippen molar-refractivity contribution >= 4 is 56.8 Å². The molecule has 0 saturated heterocycles. The van der Waals surface area contributed by atoms with Gasteiger partial charge in [0.2, 0.25) is 5.91 Å². The van der Waals surface area contributed by atoms with Crippen LogP contribution in [0.25, 0.3) is 21.8 Å². The number of fused-ring (bicyclic) bond motifs is 3. The maximum absolute atomic E-state index is 13.8. The molecule has 42 heavy (non-hydrogen) atoms. The number of carbonyl (C=O) groups excluding carboxylic acids is 2. The van der Waals surface area contributed by atoms with E-state index in [9.17, 15) is 9.59 Å². The first-order chi connectivity index (χ1) is 20.5. The van der Waals surface area contributed by atoms with Crippen LogP contribution in [0.3, 0.4) is 0 Å². The highest BCUT2D eigenvalue weighted by Gasteiger charge is 2.23. The fourth-order valence-corrected chi connectivity index (χ4v) is 6.35. The van der Waals surface area contributed by atoms with Gasteiger partial charge in [0.15, 0.2) is 0 Å². The summed E-state index contributed by atoms with van der Waals surface area (Å²) in [4.78, 5) is 27.4. The molecule has 1 atom stereocenters. The van der Waals surface area contributed by atoms with E-state index in [4.69, 9.17) is 0 Å². The maximum Gasteiger partial charge on any atom is 0.255 e. The number of aryl methyl sites for hydroxylation is 2. The van der Waals surface area contributed by atoms with Gasteiger partial charge in [-0.25, -0.2) is 0 Å². The number of carbonyl (C=O) groups is 2. The van der Waals surface area contributed by atoms with Gasteiger partial charge < -0.3 is 15.2 Å². The number of rotatable bonds is 8. The topological polar surface area (TPSA) is 63.1 Å². The van der Waals surface area contributed by atoms with Crippen molar-refractivity contribution in [2.24, 2.45) is 0 Å². The quantitative estimate of drug-likeness (QED) is 0.180. The molecule has 208 valence electrons. The average Bonchev–Trinajstić information content (AvgIpc) is 3.34. The molecule has 0 fully saturated rings. The lowest BCUT2D eigenvalue weighted by molar-refractivity contribution is -0.115. The SMILES string of the molecule is CCn1c2ccccc2c2cc(NC(=O)C(Sc3ccc(NC(=O)c4cccc(C)c4)cc3)c3ccccc3)ccc21. The summed E-state index contributed by atoms with van der Waals surface area (Å²) in [6.45, 7) is 4.98. The molecule has 1 heterocycles. The van der Waals surface area contributed by atoms with Crippen molar-refractivity contribution in [1.29, 1.82) is 0 Å². The van der Waals surface area contributed by atoms with Gasteiger partial charge in [0.1, 0.15) is 5.25 Å². The molecular formula is C36H31N3O2S. The van der Waals surface area contributed by atoms with E-state index in [2.05, 4.69) is 58.5 Å². The molecule has 0 aliphatic carbocycles. The van der Waals surface area contributed by atoms with Gasteiger partial charge in [-0.1, -0.05) is 66.2 Å². The summed E-state index contributed by atoms with van der Waals surface area (Å²) < 4.78 is 2.30. The zero-order chi connectivity index (χ0) is 29.1. The second-order valence-electron chi connectivity index (χ2n) is 10.2. The first-order valence-electron chi connectivity index (χ1n) is 14.0. The van der Waals surface area contributed by atoms with E-state index < -0.39 is 5.25 Å². The van der Waals surface area contributed by atoms with Gasteiger partial charge in [0.05, 0.1) is 0 Å². The van der Waals surface area contributed by atoms with Crippen LogP contribution < -0.4 is 10.6 Å². The van der Waals surface area contributed by atoms with Crippen LogP contribution in [0.2, 0.25) is 0 Å². The van der Waals surface area contributed by atoms with E-state index >= 15 is 0 Å². The van der Waals surface area contributed by atoms with Crippen LogP contribution in [0, 0.1) is 6.92 Å². The number of amides is 2. The number of hydrogen-bond acceptors (Lipinski definition) is 3. The molecule has 6 rings (SSSR count). The van der Waals surface area contributed by atoms with Gasteiger partial charge in [-0.05, 0) is 80.1 Å². The molecule has 6 heteroatoms. The van der Waals surface area contributed by atoms with Gasteiger partial charge in [-0.15, -0.1) is 11.8 Å². The molecule has 5 nitrogen and oxygen atoms in total. The highest BCUT2D eigenvalue weighted by molar-refractivity contribution is 8.00. The minimum atomic E-state index is -0.466. The van der Waals surface area contributed by atoms with Crippen LogP contribution >= 0.6 is 11.8 Å². The zero-order valence-electron chi connectivity index (χ0n) is 23.5. The summed E-state index contributed by atoms with van der Waals surface area (Å²) >= 11 is 1.48. The largest absolute Gasteiger partial charge is 0.341 e. The predicted octanol–water partition coefficient (Wildman–Crippen LogP) is 8.85. The molecule has 5 aromatic carbocycles. The molecule has 2 N–H and O–H groups in total. The number of aromatic nitrogens is 1. The Balaban J connectivity index is 1.23.